The van der Waals surface area contributed by atoms with E-state index in [0.717, 1.165) is 6.42 Å². The van der Waals surface area contributed by atoms with Crippen molar-refractivity contribution in [2.75, 3.05) is 11.6 Å². The van der Waals surface area contributed by atoms with Crippen molar-refractivity contribution >= 4 is 11.8 Å². The monoisotopic (exact) mass is 478 g/mol. The van der Waals surface area contributed by atoms with E-state index in [1.807, 2.05) is 25.8 Å². The van der Waals surface area contributed by atoms with Crippen LogP contribution in [0.4, 0.5) is 13.2 Å². The zero-order chi connectivity index (χ0) is 24.9. The second-order valence-corrected chi connectivity index (χ2v) is 9.04. The molecule has 2 aromatic rings. The molecule has 0 spiro atoms. The molecular formula is C23H25F3N4O4. The minimum Gasteiger partial charge on any atom is -0.502 e. The van der Waals surface area contributed by atoms with E-state index in [4.69, 9.17) is 0 Å². The van der Waals surface area contributed by atoms with Crippen LogP contribution in [0.15, 0.2) is 23.1 Å². The first kappa shape index (κ1) is 23.7. The summed E-state index contributed by atoms with van der Waals surface area (Å²) in [5.74, 6) is -5.62. The first-order valence-corrected chi connectivity index (χ1v) is 11.0. The third-order valence-electron chi connectivity index (χ3n) is 6.29. The van der Waals surface area contributed by atoms with Gasteiger partial charge in [-0.3, -0.25) is 24.1 Å². The summed E-state index contributed by atoms with van der Waals surface area (Å²) in [7, 11) is 0. The average Bonchev–Trinajstić information content (AvgIpc) is 2.75. The molecule has 34 heavy (non-hydrogen) atoms. The highest BCUT2D eigenvalue weighted by atomic mass is 19.1. The van der Waals surface area contributed by atoms with Gasteiger partial charge in [-0.05, 0) is 32.6 Å². The van der Waals surface area contributed by atoms with Crippen LogP contribution in [0.25, 0.3) is 0 Å². The molecule has 1 fully saturated rings. The SMILES string of the molecule is CC(C)N1C(=O)c2c(O)c(=O)c(C(=O)NCc3c(F)cc(F)cc3F)cn2N2C[C@@H](C)CC[C@@H]12. The fourth-order valence-corrected chi connectivity index (χ4v) is 4.62. The van der Waals surface area contributed by atoms with Gasteiger partial charge in [-0.1, -0.05) is 6.92 Å². The van der Waals surface area contributed by atoms with Gasteiger partial charge in [0.2, 0.25) is 5.43 Å². The fourth-order valence-electron chi connectivity index (χ4n) is 4.62. The number of piperidine rings is 1. The average molecular weight is 478 g/mol. The molecule has 8 nitrogen and oxygen atoms in total. The molecule has 11 heteroatoms. The highest BCUT2D eigenvalue weighted by molar-refractivity contribution is 5.99. The van der Waals surface area contributed by atoms with Crippen molar-refractivity contribution in [1.82, 2.24) is 14.9 Å². The number of aromatic nitrogens is 1. The summed E-state index contributed by atoms with van der Waals surface area (Å²) in [5, 5.41) is 14.7. The molecular weight excluding hydrogens is 453 g/mol. The summed E-state index contributed by atoms with van der Waals surface area (Å²) in [4.78, 5) is 40.4. The Morgan fingerprint density at radius 1 is 1.18 bits per heavy atom. The van der Waals surface area contributed by atoms with Crippen molar-refractivity contribution in [3.8, 4) is 5.75 Å². The van der Waals surface area contributed by atoms with Gasteiger partial charge in [-0.25, -0.2) is 13.2 Å². The number of nitrogens with one attached hydrogen (secondary N) is 1. The normalized spacial score (nSPS) is 19.8. The molecule has 1 aromatic heterocycles. The van der Waals surface area contributed by atoms with Crippen LogP contribution in [-0.4, -0.2) is 45.2 Å². The Kier molecular flexibility index (Phi) is 6.05. The van der Waals surface area contributed by atoms with Gasteiger partial charge in [0.1, 0.15) is 29.2 Å². The molecule has 0 bridgehead atoms. The number of halogens is 3. The van der Waals surface area contributed by atoms with E-state index in [1.165, 1.54) is 10.9 Å². The van der Waals surface area contributed by atoms with Crippen molar-refractivity contribution in [1.29, 1.82) is 0 Å². The quantitative estimate of drug-likeness (QED) is 0.704. The summed E-state index contributed by atoms with van der Waals surface area (Å²) in [6, 6.07) is 0.766. The lowest BCUT2D eigenvalue weighted by Gasteiger charge is -2.51. The van der Waals surface area contributed by atoms with Crippen LogP contribution < -0.4 is 15.8 Å². The van der Waals surface area contributed by atoms with Crippen molar-refractivity contribution in [3.63, 3.8) is 0 Å². The highest BCUT2D eigenvalue weighted by Gasteiger charge is 2.43. The molecule has 3 heterocycles. The van der Waals surface area contributed by atoms with E-state index in [9.17, 15) is 32.7 Å². The summed E-state index contributed by atoms with van der Waals surface area (Å²) >= 11 is 0. The molecule has 0 unspecified atom stereocenters. The number of nitrogens with zero attached hydrogens (tertiary/aromatic N) is 3. The topological polar surface area (TPSA) is 94.9 Å². The lowest BCUT2D eigenvalue weighted by molar-refractivity contribution is 0.0398. The van der Waals surface area contributed by atoms with Crippen LogP contribution in [0.5, 0.6) is 5.75 Å². The minimum absolute atomic E-state index is 0.194. The Hall–Kier alpha value is -3.50. The number of pyridine rings is 1. The first-order valence-electron chi connectivity index (χ1n) is 11.0. The Bertz CT molecular complexity index is 1210. The Morgan fingerprint density at radius 3 is 2.44 bits per heavy atom. The van der Waals surface area contributed by atoms with Crippen LogP contribution in [-0.2, 0) is 6.54 Å². The zero-order valence-corrected chi connectivity index (χ0v) is 18.9. The van der Waals surface area contributed by atoms with Crippen LogP contribution in [0.1, 0.15) is 60.0 Å². The number of hydrogen-bond donors (Lipinski definition) is 2. The van der Waals surface area contributed by atoms with Gasteiger partial charge in [0.25, 0.3) is 11.8 Å². The van der Waals surface area contributed by atoms with Gasteiger partial charge in [0.15, 0.2) is 11.4 Å². The number of aromatic hydroxyl groups is 1. The molecule has 0 aliphatic carbocycles. The van der Waals surface area contributed by atoms with Gasteiger partial charge < -0.3 is 15.3 Å². The molecule has 2 atom stereocenters. The standard InChI is InChI=1S/C23H25F3N4O4/c1-11(2)30-18-5-4-12(3)9-28(18)29-10-15(20(31)21(32)19(29)23(30)34)22(33)27-8-14-16(25)6-13(24)7-17(14)26/h6-7,10-12,18,32H,4-5,8-9H2,1-3H3,(H,27,33)/t12-,18+/m0/s1. The number of benzene rings is 1. The van der Waals surface area contributed by atoms with E-state index in [0.29, 0.717) is 25.1 Å². The Labute approximate surface area is 193 Å². The van der Waals surface area contributed by atoms with Crippen LogP contribution >= 0.6 is 0 Å². The minimum atomic E-state index is -1.19. The van der Waals surface area contributed by atoms with E-state index < -0.39 is 58.1 Å². The summed E-state index contributed by atoms with van der Waals surface area (Å²) < 4.78 is 42.3. The molecule has 4 rings (SSSR count). The van der Waals surface area contributed by atoms with Gasteiger partial charge in [0, 0.05) is 43.0 Å². The maximum absolute atomic E-state index is 13.9. The van der Waals surface area contributed by atoms with Gasteiger partial charge in [-0.15, -0.1) is 0 Å². The van der Waals surface area contributed by atoms with E-state index in [2.05, 4.69) is 5.32 Å². The molecule has 2 aliphatic heterocycles. The number of carbonyl (C=O) groups is 2. The van der Waals surface area contributed by atoms with E-state index in [-0.39, 0.29) is 23.8 Å². The van der Waals surface area contributed by atoms with E-state index in [1.54, 1.807) is 4.90 Å². The number of hydrogen-bond acceptors (Lipinski definition) is 5. The molecule has 2 N–H and O–H groups in total. The Balaban J connectivity index is 1.72. The second-order valence-electron chi connectivity index (χ2n) is 9.04. The van der Waals surface area contributed by atoms with Crippen LogP contribution in [0.3, 0.4) is 0 Å². The molecule has 0 radical (unpaired) electrons. The van der Waals surface area contributed by atoms with Crippen LogP contribution in [0, 0.1) is 23.4 Å². The number of amides is 2. The fraction of sp³-hybridized carbons (Fsp3) is 0.435. The van der Waals surface area contributed by atoms with Gasteiger partial charge in [0.05, 0.1) is 0 Å². The predicted molar refractivity (Wildman–Crippen MR) is 116 cm³/mol. The van der Waals surface area contributed by atoms with Crippen molar-refractivity contribution < 1.29 is 27.9 Å². The molecule has 2 aliphatic rings. The second kappa shape index (κ2) is 8.69. The third kappa shape index (κ3) is 3.88. The van der Waals surface area contributed by atoms with Gasteiger partial charge in [-0.2, -0.15) is 0 Å². The van der Waals surface area contributed by atoms with E-state index >= 15 is 0 Å². The lowest BCUT2D eigenvalue weighted by atomic mass is 9.96. The lowest BCUT2D eigenvalue weighted by Crippen LogP contribution is -2.65. The molecule has 182 valence electrons. The summed E-state index contributed by atoms with van der Waals surface area (Å²) in [5.41, 5.74) is -2.39. The number of carbonyl (C=O) groups excluding carboxylic acids is 2. The van der Waals surface area contributed by atoms with Gasteiger partial charge >= 0.3 is 0 Å². The smallest absolute Gasteiger partial charge is 0.278 e. The van der Waals surface area contributed by atoms with Crippen LogP contribution in [0.2, 0.25) is 0 Å². The molecule has 2 amide bonds. The summed E-state index contributed by atoms with van der Waals surface area (Å²) in [6.45, 7) is 5.59. The highest BCUT2D eigenvalue weighted by Crippen LogP contribution is 2.32. The Morgan fingerprint density at radius 2 is 1.82 bits per heavy atom. The maximum Gasteiger partial charge on any atom is 0.278 e. The number of fused-ring (bicyclic) bond motifs is 3. The predicted octanol–water partition coefficient (Wildman–Crippen LogP) is 2.46. The van der Waals surface area contributed by atoms with Crippen molar-refractivity contribution in [2.24, 2.45) is 5.92 Å². The first-order chi connectivity index (χ1) is 16.0. The zero-order valence-electron chi connectivity index (χ0n) is 18.9. The van der Waals surface area contributed by atoms with Crippen molar-refractivity contribution in [2.45, 2.75) is 52.4 Å². The van der Waals surface area contributed by atoms with Crippen molar-refractivity contribution in [3.05, 3.63) is 62.8 Å². The molecule has 0 saturated carbocycles. The summed E-state index contributed by atoms with van der Waals surface area (Å²) in [6.07, 6.45) is 2.39. The third-order valence-corrected chi connectivity index (χ3v) is 6.29. The maximum atomic E-state index is 13.9. The number of rotatable bonds is 4. The largest absolute Gasteiger partial charge is 0.502 e. The molecule has 1 saturated heterocycles. The molecule has 1 aromatic carbocycles.